The monoisotopic (exact) mass is 674 g/mol. The van der Waals surface area contributed by atoms with Gasteiger partial charge in [-0.3, -0.25) is 9.59 Å². The average molecular weight is 675 g/mol. The molecule has 0 bridgehead atoms. The summed E-state index contributed by atoms with van der Waals surface area (Å²) >= 11 is 0. The molecule has 0 spiro atoms. The Balaban J connectivity index is 1.57. The molecule has 0 unspecified atom stereocenters. The molecule has 4 rings (SSSR count). The van der Waals surface area contributed by atoms with E-state index >= 15 is 0 Å². The Hall–Kier alpha value is -4.61. The lowest BCUT2D eigenvalue weighted by Gasteiger charge is -2.36. The number of rotatable bonds is 9. The number of aliphatic hydroxyl groups is 1. The van der Waals surface area contributed by atoms with Gasteiger partial charge in [-0.15, -0.1) is 0 Å². The maximum Gasteiger partial charge on any atom is 0.323 e. The number of carbonyl (C=O) groups is 3. The number of hydrogen-bond donors (Lipinski definition) is 3. The highest BCUT2D eigenvalue weighted by Crippen LogP contribution is 2.29. The van der Waals surface area contributed by atoms with Crippen molar-refractivity contribution in [1.82, 2.24) is 9.80 Å². The van der Waals surface area contributed by atoms with E-state index in [1.807, 2.05) is 44.2 Å². The number of ether oxygens (including phenoxy) is 3. The Morgan fingerprint density at radius 1 is 1.02 bits per heavy atom. The summed E-state index contributed by atoms with van der Waals surface area (Å²) in [6, 6.07) is 20.6. The second kappa shape index (κ2) is 18.2. The number of hydrogen-bond acceptors (Lipinski definition) is 7. The minimum absolute atomic E-state index is 0.0194. The van der Waals surface area contributed by atoms with Crippen molar-refractivity contribution in [2.75, 3.05) is 51.1 Å². The molecule has 0 aromatic heterocycles. The number of aliphatic hydroxyl groups excluding tert-OH is 1. The number of nitrogens with zero attached hydrogens (tertiary/aromatic N) is 2. The topological polar surface area (TPSA) is 130 Å². The van der Waals surface area contributed by atoms with Crippen LogP contribution in [0.3, 0.4) is 0 Å². The first-order chi connectivity index (χ1) is 23.6. The predicted octanol–water partition coefficient (Wildman–Crippen LogP) is 5.84. The van der Waals surface area contributed by atoms with Gasteiger partial charge in [0.2, 0.25) is 5.91 Å². The van der Waals surface area contributed by atoms with Crippen molar-refractivity contribution in [3.8, 4) is 11.5 Å². The number of nitrogens with one attached hydrogen (secondary N) is 2. The van der Waals surface area contributed by atoms with Crippen LogP contribution in [-0.4, -0.2) is 91.5 Å². The summed E-state index contributed by atoms with van der Waals surface area (Å²) in [6.07, 6.45) is 2.16. The maximum absolute atomic E-state index is 14.4. The zero-order valence-corrected chi connectivity index (χ0v) is 29.2. The van der Waals surface area contributed by atoms with Crippen LogP contribution < -0.4 is 20.1 Å². The molecule has 0 fully saturated rings. The van der Waals surface area contributed by atoms with E-state index in [9.17, 15) is 19.5 Å². The van der Waals surface area contributed by atoms with Gasteiger partial charge in [0.15, 0.2) is 0 Å². The minimum atomic E-state index is -0.527. The molecule has 0 saturated carbocycles. The molecular weight excluding hydrogens is 624 g/mol. The van der Waals surface area contributed by atoms with Crippen LogP contribution in [0, 0.1) is 5.92 Å². The Kier molecular flexibility index (Phi) is 13.8. The highest BCUT2D eigenvalue weighted by molar-refractivity contribution is 6.02. The molecule has 4 amide bonds. The fourth-order valence-electron chi connectivity index (χ4n) is 5.71. The second-order valence-electron chi connectivity index (χ2n) is 12.8. The van der Waals surface area contributed by atoms with Crippen LogP contribution in [0.1, 0.15) is 56.0 Å². The molecule has 264 valence electrons. The molecule has 11 heteroatoms. The van der Waals surface area contributed by atoms with Gasteiger partial charge in [-0.25, -0.2) is 4.79 Å². The molecule has 0 saturated heterocycles. The van der Waals surface area contributed by atoms with Gasteiger partial charge in [-0.2, -0.15) is 0 Å². The van der Waals surface area contributed by atoms with E-state index in [1.165, 1.54) is 0 Å². The van der Waals surface area contributed by atoms with Crippen LogP contribution in [0.15, 0.2) is 72.8 Å². The largest absolute Gasteiger partial charge is 0.497 e. The average Bonchev–Trinajstić information content (AvgIpc) is 3.10. The zero-order chi connectivity index (χ0) is 35.3. The number of anilines is 2. The van der Waals surface area contributed by atoms with Crippen molar-refractivity contribution in [3.05, 3.63) is 83.9 Å². The van der Waals surface area contributed by atoms with Gasteiger partial charge in [0.05, 0.1) is 44.0 Å². The van der Waals surface area contributed by atoms with E-state index < -0.39 is 12.1 Å². The van der Waals surface area contributed by atoms with E-state index in [-0.39, 0.29) is 55.1 Å². The first kappa shape index (κ1) is 37.2. The third-order valence-corrected chi connectivity index (χ3v) is 8.74. The Morgan fingerprint density at radius 3 is 2.41 bits per heavy atom. The molecule has 0 aliphatic carbocycles. The van der Waals surface area contributed by atoms with Crippen molar-refractivity contribution in [3.63, 3.8) is 0 Å². The normalized spacial score (nSPS) is 19.4. The van der Waals surface area contributed by atoms with E-state index in [4.69, 9.17) is 14.2 Å². The molecule has 11 nitrogen and oxygen atoms in total. The van der Waals surface area contributed by atoms with Crippen molar-refractivity contribution in [2.24, 2.45) is 5.92 Å². The molecule has 1 aliphatic heterocycles. The summed E-state index contributed by atoms with van der Waals surface area (Å²) in [4.78, 5) is 43.7. The second-order valence-corrected chi connectivity index (χ2v) is 12.8. The quantitative estimate of drug-likeness (QED) is 0.260. The van der Waals surface area contributed by atoms with Gasteiger partial charge in [-0.1, -0.05) is 37.3 Å². The van der Waals surface area contributed by atoms with Crippen molar-refractivity contribution < 1.29 is 33.7 Å². The van der Waals surface area contributed by atoms with Crippen LogP contribution in [0.4, 0.5) is 16.2 Å². The third kappa shape index (κ3) is 11.0. The molecule has 4 atom stereocenters. The molecule has 0 radical (unpaired) electrons. The Morgan fingerprint density at radius 2 is 1.71 bits per heavy atom. The number of urea groups is 1. The first-order valence-corrected chi connectivity index (χ1v) is 16.9. The van der Waals surface area contributed by atoms with Gasteiger partial charge in [0.25, 0.3) is 5.91 Å². The van der Waals surface area contributed by atoms with Crippen molar-refractivity contribution >= 4 is 29.2 Å². The van der Waals surface area contributed by atoms with Gasteiger partial charge in [-0.05, 0) is 81.1 Å². The SMILES string of the molecule is COc1ccc(NC(=O)Nc2ccc3c(c2)C(=O)N([C@@H](C)CO)C[C@@H](C)[C@@H](CN(C)C(=O)Cc2ccccc2)OCCCC[C@@H](C)O3)cc1. The van der Waals surface area contributed by atoms with E-state index in [0.29, 0.717) is 36.0 Å². The molecule has 3 aromatic carbocycles. The van der Waals surface area contributed by atoms with Crippen LogP contribution in [-0.2, 0) is 16.0 Å². The standard InChI is InChI=1S/C38H50N4O7/c1-26-23-42(27(2)25-43)37(45)33-22-31(40-38(46)39-30-14-17-32(47-5)18-15-30)16-19-34(33)49-28(3)11-9-10-20-48-35(26)24-41(4)36(44)21-29-12-7-6-8-13-29/h6-8,12-19,22,26-28,35,43H,9-11,20-21,23-25H2,1-5H3,(H2,39,40,46)/t26-,27+,28-,35-/m1/s1. The van der Waals surface area contributed by atoms with E-state index in [1.54, 1.807) is 73.3 Å². The summed E-state index contributed by atoms with van der Waals surface area (Å²) < 4.78 is 17.9. The maximum atomic E-state index is 14.4. The van der Waals surface area contributed by atoms with Gasteiger partial charge < -0.3 is 39.8 Å². The molecule has 1 aliphatic rings. The molecule has 49 heavy (non-hydrogen) atoms. The summed E-state index contributed by atoms with van der Waals surface area (Å²) in [5.74, 6) is 0.515. The Bertz CT molecular complexity index is 1520. The lowest BCUT2D eigenvalue weighted by atomic mass is 10.0. The predicted molar refractivity (Wildman–Crippen MR) is 190 cm³/mol. The number of likely N-dealkylation sites (N-methyl/N-ethyl adjacent to an activating group) is 1. The smallest absolute Gasteiger partial charge is 0.323 e. The summed E-state index contributed by atoms with van der Waals surface area (Å²) in [7, 11) is 3.35. The summed E-state index contributed by atoms with van der Waals surface area (Å²) in [5, 5.41) is 15.8. The lowest BCUT2D eigenvalue weighted by Crippen LogP contribution is -2.48. The third-order valence-electron chi connectivity index (χ3n) is 8.74. The highest BCUT2D eigenvalue weighted by Gasteiger charge is 2.31. The molecule has 3 aromatic rings. The highest BCUT2D eigenvalue weighted by atomic mass is 16.5. The number of methoxy groups -OCH3 is 1. The summed E-state index contributed by atoms with van der Waals surface area (Å²) in [5.41, 5.74) is 2.19. The van der Waals surface area contributed by atoms with Gasteiger partial charge >= 0.3 is 6.03 Å². The van der Waals surface area contributed by atoms with E-state index in [2.05, 4.69) is 10.6 Å². The molecule has 1 heterocycles. The number of fused-ring (bicyclic) bond motifs is 1. The van der Waals surface area contributed by atoms with Crippen molar-refractivity contribution in [2.45, 2.75) is 64.7 Å². The zero-order valence-electron chi connectivity index (χ0n) is 29.2. The Labute approximate surface area is 289 Å². The first-order valence-electron chi connectivity index (χ1n) is 16.9. The fraction of sp³-hybridized carbons (Fsp3) is 0.447. The van der Waals surface area contributed by atoms with Crippen LogP contribution >= 0.6 is 0 Å². The van der Waals surface area contributed by atoms with Gasteiger partial charge in [0, 0.05) is 44.0 Å². The summed E-state index contributed by atoms with van der Waals surface area (Å²) in [6.45, 7) is 6.61. The van der Waals surface area contributed by atoms with Crippen LogP contribution in [0.5, 0.6) is 11.5 Å². The lowest BCUT2D eigenvalue weighted by molar-refractivity contribution is -0.131. The van der Waals surface area contributed by atoms with Crippen LogP contribution in [0.2, 0.25) is 0 Å². The minimum Gasteiger partial charge on any atom is -0.497 e. The number of carbonyl (C=O) groups excluding carboxylic acids is 3. The number of benzene rings is 3. The fourth-order valence-corrected chi connectivity index (χ4v) is 5.71. The van der Waals surface area contributed by atoms with Gasteiger partial charge in [0.1, 0.15) is 11.5 Å². The molecule has 3 N–H and O–H groups in total. The van der Waals surface area contributed by atoms with E-state index in [0.717, 1.165) is 24.8 Å². The molecular formula is C38H50N4O7. The number of amides is 4. The van der Waals surface area contributed by atoms with Crippen LogP contribution in [0.25, 0.3) is 0 Å². The van der Waals surface area contributed by atoms with Crippen molar-refractivity contribution in [1.29, 1.82) is 0 Å².